The summed E-state index contributed by atoms with van der Waals surface area (Å²) in [4.78, 5) is 8.48. The molecule has 0 amide bonds. The number of hydrogen-bond donors (Lipinski definition) is 1. The molecule has 4 aromatic rings. The van der Waals surface area contributed by atoms with Gasteiger partial charge in [0.15, 0.2) is 11.5 Å². The molecule has 1 saturated heterocycles. The Kier molecular flexibility index (Phi) is 12.0. The summed E-state index contributed by atoms with van der Waals surface area (Å²) in [6, 6.07) is 19.4. The Balaban J connectivity index is 1.24. The monoisotopic (exact) mass is 732 g/mol. The fourth-order valence-electron chi connectivity index (χ4n) is 6.30. The van der Waals surface area contributed by atoms with E-state index in [1.165, 1.54) is 6.20 Å². The molecule has 11 nitrogen and oxygen atoms in total. The average Bonchev–Trinajstić information content (AvgIpc) is 3.66. The van der Waals surface area contributed by atoms with E-state index < -0.39 is 15.9 Å². The second kappa shape index (κ2) is 16.8. The van der Waals surface area contributed by atoms with Crippen LogP contribution in [0, 0.1) is 18.3 Å². The molecule has 51 heavy (non-hydrogen) atoms. The summed E-state index contributed by atoms with van der Waals surface area (Å²) in [7, 11) is -4.17. The predicted octanol–water partition coefficient (Wildman–Crippen LogP) is 6.30. The van der Waals surface area contributed by atoms with E-state index in [2.05, 4.69) is 28.9 Å². The number of likely N-dealkylation sites (tertiary alicyclic amines) is 1. The number of nitriles is 1. The van der Waals surface area contributed by atoms with Crippen LogP contribution in [-0.4, -0.2) is 79.4 Å². The van der Waals surface area contributed by atoms with E-state index in [9.17, 15) is 18.2 Å². The molecule has 1 N–H and O–H groups in total. The van der Waals surface area contributed by atoms with Gasteiger partial charge in [-0.25, -0.2) is 0 Å². The zero-order chi connectivity index (χ0) is 35.8. The summed E-state index contributed by atoms with van der Waals surface area (Å²) in [6.45, 7) is 7.31. The number of hydrogen-bond acceptors (Lipinski definition) is 10. The second-order valence-corrected chi connectivity index (χ2v) is 14.7. The molecule has 3 heterocycles. The van der Waals surface area contributed by atoms with Crippen molar-refractivity contribution in [2.75, 3.05) is 51.7 Å². The molecule has 0 spiro atoms. The Hall–Kier alpha value is -4.38. The van der Waals surface area contributed by atoms with Crippen molar-refractivity contribution in [3.05, 3.63) is 99.8 Å². The predicted molar refractivity (Wildman–Crippen MR) is 194 cm³/mol. The molecule has 0 bridgehead atoms. The maximum absolute atomic E-state index is 11.7. The first kappa shape index (κ1) is 36.4. The van der Waals surface area contributed by atoms with Crippen LogP contribution in [0.3, 0.4) is 0 Å². The molecule has 0 saturated carbocycles. The third-order valence-electron chi connectivity index (χ3n) is 9.11. The minimum Gasteiger partial charge on any atom is -0.488 e. The van der Waals surface area contributed by atoms with Crippen molar-refractivity contribution in [2.24, 2.45) is 0 Å². The summed E-state index contributed by atoms with van der Waals surface area (Å²) < 4.78 is 57.1. The van der Waals surface area contributed by atoms with Gasteiger partial charge in [-0.1, -0.05) is 35.9 Å². The highest BCUT2D eigenvalue weighted by molar-refractivity contribution is 7.85. The Labute approximate surface area is 304 Å². The van der Waals surface area contributed by atoms with E-state index in [4.69, 9.17) is 30.5 Å². The van der Waals surface area contributed by atoms with Crippen LogP contribution in [0.5, 0.6) is 23.0 Å². The van der Waals surface area contributed by atoms with Crippen molar-refractivity contribution >= 4 is 21.7 Å². The Morgan fingerprint density at radius 2 is 1.75 bits per heavy atom. The highest BCUT2D eigenvalue weighted by Gasteiger charge is 2.20. The summed E-state index contributed by atoms with van der Waals surface area (Å²) in [5.41, 5.74) is 5.94. The van der Waals surface area contributed by atoms with Gasteiger partial charge in [0.05, 0.1) is 16.3 Å². The summed E-state index contributed by atoms with van der Waals surface area (Å²) in [5, 5.41) is 9.73. The zero-order valence-electron chi connectivity index (χ0n) is 28.5. The van der Waals surface area contributed by atoms with Gasteiger partial charge < -0.3 is 23.8 Å². The van der Waals surface area contributed by atoms with E-state index in [1.54, 1.807) is 24.4 Å². The lowest BCUT2D eigenvalue weighted by Gasteiger charge is -2.26. The lowest BCUT2D eigenvalue weighted by Crippen LogP contribution is -2.36. The van der Waals surface area contributed by atoms with Crippen LogP contribution in [0.15, 0.2) is 67.0 Å². The Bertz CT molecular complexity index is 2000. The highest BCUT2D eigenvalue weighted by atomic mass is 35.5. The van der Waals surface area contributed by atoms with Crippen molar-refractivity contribution in [1.29, 1.82) is 5.26 Å². The molecule has 2 aliphatic heterocycles. The number of rotatable bonds is 15. The first-order chi connectivity index (χ1) is 24.6. The summed E-state index contributed by atoms with van der Waals surface area (Å²) in [5.74, 6) is 1.99. The minimum atomic E-state index is -4.17. The van der Waals surface area contributed by atoms with Crippen LogP contribution in [0.25, 0.3) is 11.1 Å². The first-order valence-corrected chi connectivity index (χ1v) is 18.9. The van der Waals surface area contributed by atoms with Crippen LogP contribution < -0.4 is 18.9 Å². The quantitative estimate of drug-likeness (QED) is 0.138. The molecule has 268 valence electrons. The normalized spacial score (nSPS) is 14.4. The molecule has 0 radical (unpaired) electrons. The highest BCUT2D eigenvalue weighted by Crippen LogP contribution is 2.38. The summed E-state index contributed by atoms with van der Waals surface area (Å²) >= 11 is 6.86. The standard InChI is InChI=1S/C38H41ClN4O7S/c1-27-31(5-4-6-33(27)30-7-8-35-38(19-30)48-15-14-47-35)26-50-37-20-36(49-25-29-17-28(21-40)22-41-23-29)32(18-34(37)39)24-43(13-16-51(44,45)46)12-11-42-9-2-3-10-42/h4-8,17-20,22-23H,2-3,9-16,24-26H2,1H3,(H,44,45,46). The molecule has 1 fully saturated rings. The zero-order valence-corrected chi connectivity index (χ0v) is 30.1. The number of fused-ring (bicyclic) bond motifs is 1. The van der Waals surface area contributed by atoms with Gasteiger partial charge in [-0.15, -0.1) is 0 Å². The van der Waals surface area contributed by atoms with Crippen LogP contribution in [-0.2, 0) is 29.9 Å². The van der Waals surface area contributed by atoms with Gasteiger partial charge in [0.2, 0.25) is 0 Å². The Morgan fingerprint density at radius 3 is 2.53 bits per heavy atom. The minimum absolute atomic E-state index is 0.131. The molecule has 0 unspecified atom stereocenters. The van der Waals surface area contributed by atoms with Crippen LogP contribution in [0.2, 0.25) is 5.02 Å². The second-order valence-electron chi connectivity index (χ2n) is 12.7. The number of halogens is 1. The molecule has 2 aliphatic rings. The van der Waals surface area contributed by atoms with Crippen molar-refractivity contribution in [3.63, 3.8) is 0 Å². The number of benzene rings is 3. The molecule has 1 aromatic heterocycles. The van der Waals surface area contributed by atoms with E-state index in [-0.39, 0.29) is 19.8 Å². The first-order valence-electron chi connectivity index (χ1n) is 17.0. The lowest BCUT2D eigenvalue weighted by atomic mass is 9.96. The summed E-state index contributed by atoms with van der Waals surface area (Å²) in [6.07, 6.45) is 5.41. The fourth-order valence-corrected chi connectivity index (χ4v) is 7.03. The van der Waals surface area contributed by atoms with Gasteiger partial charge in [0.25, 0.3) is 10.1 Å². The molecule has 0 aliphatic carbocycles. The van der Waals surface area contributed by atoms with Crippen molar-refractivity contribution < 1.29 is 31.9 Å². The largest absolute Gasteiger partial charge is 0.488 e. The number of pyridine rings is 1. The van der Waals surface area contributed by atoms with Crippen LogP contribution >= 0.6 is 11.6 Å². The number of nitrogens with zero attached hydrogens (tertiary/aromatic N) is 4. The van der Waals surface area contributed by atoms with Gasteiger partial charge >= 0.3 is 0 Å². The van der Waals surface area contributed by atoms with E-state index >= 15 is 0 Å². The van der Waals surface area contributed by atoms with Gasteiger partial charge in [-0.3, -0.25) is 14.4 Å². The molecule has 13 heteroatoms. The van der Waals surface area contributed by atoms with Crippen molar-refractivity contribution in [2.45, 2.75) is 39.5 Å². The van der Waals surface area contributed by atoms with E-state index in [1.807, 2.05) is 35.2 Å². The maximum atomic E-state index is 11.7. The van der Waals surface area contributed by atoms with Crippen molar-refractivity contribution in [3.8, 4) is 40.2 Å². The molecular formula is C38H41ClN4O7S. The van der Waals surface area contributed by atoms with Gasteiger partial charge in [-0.2, -0.15) is 13.7 Å². The number of ether oxygens (including phenoxy) is 4. The van der Waals surface area contributed by atoms with E-state index in [0.29, 0.717) is 54.0 Å². The van der Waals surface area contributed by atoms with Gasteiger partial charge in [0.1, 0.15) is 44.0 Å². The SMILES string of the molecule is Cc1c(COc2cc(OCc3cncc(C#N)c3)c(CN(CCN3CCCC3)CCS(=O)(=O)O)cc2Cl)cccc1-c1ccc2c(c1)OCCO2. The smallest absolute Gasteiger partial charge is 0.266 e. The topological polar surface area (TPSA) is 134 Å². The molecule has 3 aromatic carbocycles. The van der Waals surface area contributed by atoms with Gasteiger partial charge in [0, 0.05) is 55.8 Å². The fraction of sp³-hybridized carbons (Fsp3) is 0.368. The average molecular weight is 733 g/mol. The maximum Gasteiger partial charge on any atom is 0.266 e. The lowest BCUT2D eigenvalue weighted by molar-refractivity contribution is 0.171. The molecule has 6 rings (SSSR count). The van der Waals surface area contributed by atoms with Crippen LogP contribution in [0.4, 0.5) is 0 Å². The van der Waals surface area contributed by atoms with Crippen molar-refractivity contribution in [1.82, 2.24) is 14.8 Å². The third kappa shape index (κ3) is 9.90. The molecule has 0 atom stereocenters. The van der Waals surface area contributed by atoms with E-state index in [0.717, 1.165) is 71.8 Å². The molecular weight excluding hydrogens is 692 g/mol. The van der Waals surface area contributed by atoms with Gasteiger partial charge in [-0.05, 0) is 79.4 Å². The third-order valence-corrected chi connectivity index (χ3v) is 10.1. The Morgan fingerprint density at radius 1 is 0.961 bits per heavy atom. The van der Waals surface area contributed by atoms with Crippen LogP contribution in [0.1, 0.15) is 40.7 Å². The number of aromatic nitrogens is 1.